The van der Waals surface area contributed by atoms with E-state index in [0.29, 0.717) is 12.2 Å². The number of aliphatic hydroxyl groups excluding tert-OH is 1. The van der Waals surface area contributed by atoms with Gasteiger partial charge in [-0.25, -0.2) is 15.0 Å². The Morgan fingerprint density at radius 1 is 1.11 bits per heavy atom. The predicted molar refractivity (Wildman–Crippen MR) is 76.2 cm³/mol. The summed E-state index contributed by atoms with van der Waals surface area (Å²) in [6.45, 7) is 0.672. The molecule has 0 spiro atoms. The fourth-order valence-electron chi connectivity index (χ4n) is 1.73. The van der Waals surface area contributed by atoms with Crippen molar-refractivity contribution in [2.45, 2.75) is 0 Å². The molecule has 1 aromatic carbocycles. The number of thiazole rings is 1. The summed E-state index contributed by atoms with van der Waals surface area (Å²) in [6, 6.07) is 7.94. The van der Waals surface area contributed by atoms with Gasteiger partial charge in [0.1, 0.15) is 5.01 Å². The van der Waals surface area contributed by atoms with Gasteiger partial charge in [0.2, 0.25) is 0 Å². The minimum atomic E-state index is 0.122. The molecule has 0 bridgehead atoms. The predicted octanol–water partition coefficient (Wildman–Crippen LogP) is 2.16. The highest BCUT2D eigenvalue weighted by Gasteiger charge is 2.07. The van der Waals surface area contributed by atoms with E-state index in [0.717, 1.165) is 21.1 Å². The van der Waals surface area contributed by atoms with Crippen LogP contribution in [0.15, 0.2) is 36.7 Å². The largest absolute Gasteiger partial charge is 0.395 e. The Morgan fingerprint density at radius 2 is 1.89 bits per heavy atom. The van der Waals surface area contributed by atoms with Crippen LogP contribution in [0.1, 0.15) is 0 Å². The summed E-state index contributed by atoms with van der Waals surface area (Å²) < 4.78 is 0. The smallest absolute Gasteiger partial charge is 0.190 e. The van der Waals surface area contributed by atoms with Crippen molar-refractivity contribution >= 4 is 27.5 Å². The Bertz CT molecular complexity index is 647. The molecule has 0 unspecified atom stereocenters. The molecule has 3 aromatic rings. The molecule has 0 aliphatic heterocycles. The van der Waals surface area contributed by atoms with Gasteiger partial charge in [0.25, 0.3) is 0 Å². The molecule has 6 heteroatoms. The van der Waals surface area contributed by atoms with Crippen LogP contribution in [0.5, 0.6) is 0 Å². The van der Waals surface area contributed by atoms with E-state index in [1.54, 1.807) is 12.4 Å². The van der Waals surface area contributed by atoms with Crippen LogP contribution >= 0.6 is 11.3 Å². The first-order valence-corrected chi connectivity index (χ1v) is 6.71. The van der Waals surface area contributed by atoms with Gasteiger partial charge in [-0.1, -0.05) is 11.3 Å². The van der Waals surface area contributed by atoms with Gasteiger partial charge in [0, 0.05) is 30.2 Å². The van der Waals surface area contributed by atoms with Gasteiger partial charge in [-0.3, -0.25) is 0 Å². The van der Waals surface area contributed by atoms with Gasteiger partial charge >= 0.3 is 0 Å². The maximum absolute atomic E-state index is 8.76. The zero-order chi connectivity index (χ0) is 13.1. The summed E-state index contributed by atoms with van der Waals surface area (Å²) in [5, 5.41) is 12.8. The normalized spacial score (nSPS) is 10.8. The Kier molecular flexibility index (Phi) is 3.35. The highest BCUT2D eigenvalue weighted by atomic mass is 32.1. The first-order valence-electron chi connectivity index (χ1n) is 5.89. The van der Waals surface area contributed by atoms with Crippen LogP contribution < -0.4 is 5.32 Å². The highest BCUT2D eigenvalue weighted by molar-refractivity contribution is 7.21. The molecule has 0 radical (unpaired) electrons. The molecule has 2 N–H and O–H groups in total. The minimum absolute atomic E-state index is 0.122. The number of aromatic nitrogens is 3. The van der Waals surface area contributed by atoms with Gasteiger partial charge < -0.3 is 10.4 Å². The first kappa shape index (κ1) is 12.0. The number of fused-ring (bicyclic) bond motifs is 1. The van der Waals surface area contributed by atoms with Crippen molar-refractivity contribution in [3.05, 3.63) is 36.7 Å². The quantitative estimate of drug-likeness (QED) is 0.761. The summed E-state index contributed by atoms with van der Waals surface area (Å²) in [7, 11) is 0. The van der Waals surface area contributed by atoms with Gasteiger partial charge in [0.05, 0.1) is 6.61 Å². The first-order chi connectivity index (χ1) is 9.36. The maximum Gasteiger partial charge on any atom is 0.190 e. The molecular formula is C13H12N4OS. The number of rotatable bonds is 4. The topological polar surface area (TPSA) is 70.9 Å². The van der Waals surface area contributed by atoms with E-state index in [9.17, 15) is 0 Å². The second kappa shape index (κ2) is 5.29. The molecule has 0 saturated carbocycles. The maximum atomic E-state index is 8.76. The van der Waals surface area contributed by atoms with Gasteiger partial charge in [0.15, 0.2) is 10.5 Å². The summed E-state index contributed by atoms with van der Waals surface area (Å²) in [5.41, 5.74) is 2.71. The van der Waals surface area contributed by atoms with Crippen LogP contribution in [0.2, 0.25) is 0 Å². The fourth-order valence-corrected chi connectivity index (χ4v) is 2.60. The van der Waals surface area contributed by atoms with Crippen molar-refractivity contribution in [3.8, 4) is 10.6 Å². The molecule has 0 amide bonds. The van der Waals surface area contributed by atoms with Crippen molar-refractivity contribution in [3.63, 3.8) is 0 Å². The number of nitrogens with one attached hydrogen (secondary N) is 1. The molecule has 0 aliphatic rings. The second-order valence-electron chi connectivity index (χ2n) is 3.93. The SMILES string of the molecule is OCCNc1ccc(-c2nc3nccnc3s2)cc1. The second-order valence-corrected chi connectivity index (χ2v) is 4.91. The minimum Gasteiger partial charge on any atom is -0.395 e. The fraction of sp³-hybridized carbons (Fsp3) is 0.154. The highest BCUT2D eigenvalue weighted by Crippen LogP contribution is 2.28. The van der Waals surface area contributed by atoms with Gasteiger partial charge in [-0.05, 0) is 24.3 Å². The van der Waals surface area contributed by atoms with E-state index in [1.807, 2.05) is 24.3 Å². The number of nitrogens with zero attached hydrogens (tertiary/aromatic N) is 3. The molecule has 96 valence electrons. The molecule has 0 aliphatic carbocycles. The van der Waals surface area contributed by atoms with Crippen molar-refractivity contribution in [1.29, 1.82) is 0 Å². The molecule has 0 atom stereocenters. The van der Waals surface area contributed by atoms with Crippen molar-refractivity contribution in [2.24, 2.45) is 0 Å². The lowest BCUT2D eigenvalue weighted by Gasteiger charge is -2.04. The van der Waals surface area contributed by atoms with Crippen LogP contribution in [0, 0.1) is 0 Å². The van der Waals surface area contributed by atoms with Crippen LogP contribution in [-0.4, -0.2) is 33.2 Å². The van der Waals surface area contributed by atoms with Crippen molar-refractivity contribution in [1.82, 2.24) is 15.0 Å². The average Bonchev–Trinajstić information content (AvgIpc) is 2.89. The van der Waals surface area contributed by atoms with Crippen molar-refractivity contribution in [2.75, 3.05) is 18.5 Å². The summed E-state index contributed by atoms with van der Waals surface area (Å²) in [5.74, 6) is 0. The zero-order valence-electron chi connectivity index (χ0n) is 10.1. The van der Waals surface area contributed by atoms with Crippen molar-refractivity contribution < 1.29 is 5.11 Å². The molecule has 0 saturated heterocycles. The third-order valence-electron chi connectivity index (χ3n) is 2.62. The van der Waals surface area contributed by atoms with E-state index in [4.69, 9.17) is 5.11 Å². The Hall–Kier alpha value is -2.05. The number of anilines is 1. The Balaban J connectivity index is 1.88. The monoisotopic (exact) mass is 272 g/mol. The third kappa shape index (κ3) is 2.54. The van der Waals surface area contributed by atoms with E-state index in [1.165, 1.54) is 11.3 Å². The summed E-state index contributed by atoms with van der Waals surface area (Å²) in [4.78, 5) is 13.7. The van der Waals surface area contributed by atoms with Gasteiger partial charge in [-0.15, -0.1) is 0 Å². The number of aliphatic hydroxyl groups is 1. The molecule has 19 heavy (non-hydrogen) atoms. The standard InChI is InChI=1S/C13H12N4OS/c18-8-7-14-10-3-1-9(2-4-10)12-17-11-13(19-12)16-6-5-15-11/h1-6,14,18H,7-8H2. The van der Waals surface area contributed by atoms with E-state index in [-0.39, 0.29) is 6.61 Å². The number of hydrogen-bond donors (Lipinski definition) is 2. The molecule has 2 heterocycles. The van der Waals surface area contributed by atoms with E-state index >= 15 is 0 Å². The third-order valence-corrected chi connectivity index (χ3v) is 3.62. The summed E-state index contributed by atoms with van der Waals surface area (Å²) in [6.07, 6.45) is 3.32. The number of benzene rings is 1. The molecule has 2 aromatic heterocycles. The number of hydrogen-bond acceptors (Lipinski definition) is 6. The zero-order valence-corrected chi connectivity index (χ0v) is 10.9. The van der Waals surface area contributed by atoms with Crippen LogP contribution in [0.3, 0.4) is 0 Å². The summed E-state index contributed by atoms with van der Waals surface area (Å²) >= 11 is 1.53. The lowest BCUT2D eigenvalue weighted by molar-refractivity contribution is 0.311. The molecule has 5 nitrogen and oxygen atoms in total. The lowest BCUT2D eigenvalue weighted by atomic mass is 10.2. The van der Waals surface area contributed by atoms with Crippen LogP contribution in [0.25, 0.3) is 21.0 Å². The Labute approximate surface area is 114 Å². The molecule has 0 fully saturated rings. The van der Waals surface area contributed by atoms with E-state index < -0.39 is 0 Å². The average molecular weight is 272 g/mol. The Morgan fingerprint density at radius 3 is 2.63 bits per heavy atom. The lowest BCUT2D eigenvalue weighted by Crippen LogP contribution is -2.04. The van der Waals surface area contributed by atoms with E-state index in [2.05, 4.69) is 20.3 Å². The van der Waals surface area contributed by atoms with Crippen LogP contribution in [-0.2, 0) is 0 Å². The molecule has 3 rings (SSSR count). The van der Waals surface area contributed by atoms with Crippen LogP contribution in [0.4, 0.5) is 5.69 Å². The van der Waals surface area contributed by atoms with Gasteiger partial charge in [-0.2, -0.15) is 0 Å². The molecular weight excluding hydrogens is 260 g/mol.